The van der Waals surface area contributed by atoms with E-state index in [1.807, 2.05) is 0 Å². The zero-order valence-electron chi connectivity index (χ0n) is 12.8. The fourth-order valence-electron chi connectivity index (χ4n) is 3.02. The Hall–Kier alpha value is -0.570. The van der Waals surface area contributed by atoms with Gasteiger partial charge in [-0.25, -0.2) is 0 Å². The SMILES string of the molecule is CCNC(CCC1CCCO1)c1cc(C)c(Cl)cc1C. The maximum absolute atomic E-state index is 6.21. The molecule has 112 valence electrons. The number of hydrogen-bond acceptors (Lipinski definition) is 2. The molecular weight excluding hydrogens is 270 g/mol. The second-order valence-electron chi connectivity index (χ2n) is 5.78. The van der Waals surface area contributed by atoms with Crippen molar-refractivity contribution in [1.29, 1.82) is 0 Å². The summed E-state index contributed by atoms with van der Waals surface area (Å²) < 4.78 is 5.74. The third kappa shape index (κ3) is 3.97. The van der Waals surface area contributed by atoms with E-state index in [2.05, 4.69) is 38.2 Å². The highest BCUT2D eigenvalue weighted by Crippen LogP contribution is 2.29. The number of aryl methyl sites for hydroxylation is 2. The van der Waals surface area contributed by atoms with Crippen LogP contribution in [0.2, 0.25) is 5.02 Å². The van der Waals surface area contributed by atoms with Crippen LogP contribution in [-0.4, -0.2) is 19.3 Å². The first-order valence-corrected chi connectivity index (χ1v) is 8.11. The van der Waals surface area contributed by atoms with Gasteiger partial charge in [-0.15, -0.1) is 0 Å². The number of ether oxygens (including phenoxy) is 1. The minimum absolute atomic E-state index is 0.403. The summed E-state index contributed by atoms with van der Waals surface area (Å²) in [7, 11) is 0. The van der Waals surface area contributed by atoms with Gasteiger partial charge in [0.1, 0.15) is 0 Å². The van der Waals surface area contributed by atoms with Crippen molar-refractivity contribution in [3.63, 3.8) is 0 Å². The molecule has 20 heavy (non-hydrogen) atoms. The molecule has 0 bridgehead atoms. The van der Waals surface area contributed by atoms with Gasteiger partial charge >= 0.3 is 0 Å². The Balaban J connectivity index is 2.08. The van der Waals surface area contributed by atoms with Gasteiger partial charge in [-0.3, -0.25) is 0 Å². The Bertz CT molecular complexity index is 441. The lowest BCUT2D eigenvalue weighted by atomic mass is 9.94. The highest BCUT2D eigenvalue weighted by molar-refractivity contribution is 6.31. The smallest absolute Gasteiger partial charge is 0.0576 e. The third-order valence-electron chi connectivity index (χ3n) is 4.17. The number of nitrogens with one attached hydrogen (secondary N) is 1. The van der Waals surface area contributed by atoms with E-state index < -0.39 is 0 Å². The summed E-state index contributed by atoms with van der Waals surface area (Å²) in [5.74, 6) is 0. The molecule has 2 atom stereocenters. The Labute approximate surface area is 127 Å². The molecule has 1 fully saturated rings. The van der Waals surface area contributed by atoms with Crippen LogP contribution in [0.3, 0.4) is 0 Å². The maximum Gasteiger partial charge on any atom is 0.0576 e. The summed E-state index contributed by atoms with van der Waals surface area (Å²) >= 11 is 6.21. The summed E-state index contributed by atoms with van der Waals surface area (Å²) in [6.07, 6.45) is 5.16. The molecule has 2 nitrogen and oxygen atoms in total. The van der Waals surface area contributed by atoms with E-state index in [0.29, 0.717) is 12.1 Å². The fourth-order valence-corrected chi connectivity index (χ4v) is 3.24. The quantitative estimate of drug-likeness (QED) is 0.830. The molecule has 2 rings (SSSR count). The third-order valence-corrected chi connectivity index (χ3v) is 4.58. The normalized spacial score (nSPS) is 20.3. The second-order valence-corrected chi connectivity index (χ2v) is 6.19. The van der Waals surface area contributed by atoms with Crippen molar-refractivity contribution in [2.75, 3.05) is 13.2 Å². The van der Waals surface area contributed by atoms with Crippen LogP contribution in [-0.2, 0) is 4.74 Å². The highest BCUT2D eigenvalue weighted by atomic mass is 35.5. The molecule has 0 spiro atoms. The van der Waals surface area contributed by atoms with Crippen LogP contribution >= 0.6 is 11.6 Å². The molecule has 1 saturated heterocycles. The Morgan fingerprint density at radius 3 is 2.80 bits per heavy atom. The van der Waals surface area contributed by atoms with Crippen molar-refractivity contribution in [3.8, 4) is 0 Å². The van der Waals surface area contributed by atoms with Crippen LogP contribution in [0.4, 0.5) is 0 Å². The van der Waals surface area contributed by atoms with Gasteiger partial charge < -0.3 is 10.1 Å². The van der Waals surface area contributed by atoms with Crippen molar-refractivity contribution in [1.82, 2.24) is 5.32 Å². The summed E-state index contributed by atoms with van der Waals surface area (Å²) in [6, 6.07) is 4.73. The molecule has 0 radical (unpaired) electrons. The zero-order valence-corrected chi connectivity index (χ0v) is 13.6. The standard InChI is InChI=1S/C17H26ClNO/c1-4-19-17(8-7-14-6-5-9-20-14)15-10-13(3)16(18)11-12(15)2/h10-11,14,17,19H,4-9H2,1-3H3. The van der Waals surface area contributed by atoms with Crippen LogP contribution in [0.5, 0.6) is 0 Å². The Morgan fingerprint density at radius 1 is 1.35 bits per heavy atom. The van der Waals surface area contributed by atoms with Gasteiger partial charge in [0.05, 0.1) is 6.10 Å². The molecule has 1 aliphatic rings. The molecule has 1 aromatic rings. The molecule has 0 amide bonds. The number of hydrogen-bond donors (Lipinski definition) is 1. The van der Waals surface area contributed by atoms with Gasteiger partial charge in [0, 0.05) is 17.7 Å². The van der Waals surface area contributed by atoms with Gasteiger partial charge in [0.25, 0.3) is 0 Å². The van der Waals surface area contributed by atoms with Crippen molar-refractivity contribution >= 4 is 11.6 Å². The van der Waals surface area contributed by atoms with E-state index in [4.69, 9.17) is 16.3 Å². The van der Waals surface area contributed by atoms with Crippen LogP contribution in [0.1, 0.15) is 55.3 Å². The summed E-state index contributed by atoms with van der Waals surface area (Å²) in [6.45, 7) is 8.32. The molecular formula is C17H26ClNO. The lowest BCUT2D eigenvalue weighted by molar-refractivity contribution is 0.0996. The highest BCUT2D eigenvalue weighted by Gasteiger charge is 2.20. The summed E-state index contributed by atoms with van der Waals surface area (Å²) in [5, 5.41) is 4.47. The fraction of sp³-hybridized carbons (Fsp3) is 0.647. The summed E-state index contributed by atoms with van der Waals surface area (Å²) in [4.78, 5) is 0. The Morgan fingerprint density at radius 2 is 2.15 bits per heavy atom. The van der Waals surface area contributed by atoms with Crippen molar-refractivity contribution in [3.05, 3.63) is 33.8 Å². The zero-order chi connectivity index (χ0) is 14.5. The number of halogens is 1. The molecule has 1 aromatic carbocycles. The number of rotatable bonds is 6. The molecule has 1 heterocycles. The molecule has 1 aliphatic heterocycles. The van der Waals surface area contributed by atoms with Crippen LogP contribution in [0.25, 0.3) is 0 Å². The van der Waals surface area contributed by atoms with Crippen LogP contribution in [0, 0.1) is 13.8 Å². The minimum Gasteiger partial charge on any atom is -0.378 e. The molecule has 0 aromatic heterocycles. The Kier molecular flexibility index (Phi) is 5.88. The average Bonchev–Trinajstić information content (AvgIpc) is 2.92. The topological polar surface area (TPSA) is 21.3 Å². The lowest BCUT2D eigenvalue weighted by Crippen LogP contribution is -2.23. The summed E-state index contributed by atoms with van der Waals surface area (Å²) in [5.41, 5.74) is 3.82. The van der Waals surface area contributed by atoms with Gasteiger partial charge in [0.2, 0.25) is 0 Å². The monoisotopic (exact) mass is 295 g/mol. The van der Waals surface area contributed by atoms with Gasteiger partial charge in [-0.05, 0) is 68.8 Å². The first-order valence-electron chi connectivity index (χ1n) is 7.73. The number of benzene rings is 1. The van der Waals surface area contributed by atoms with Crippen LogP contribution in [0.15, 0.2) is 12.1 Å². The van der Waals surface area contributed by atoms with Crippen molar-refractivity contribution in [2.45, 2.75) is 58.6 Å². The van der Waals surface area contributed by atoms with E-state index in [1.165, 1.54) is 24.0 Å². The molecule has 0 aliphatic carbocycles. The predicted molar refractivity (Wildman–Crippen MR) is 85.6 cm³/mol. The lowest BCUT2D eigenvalue weighted by Gasteiger charge is -2.22. The molecule has 0 saturated carbocycles. The van der Waals surface area contributed by atoms with Crippen molar-refractivity contribution in [2.24, 2.45) is 0 Å². The van der Waals surface area contributed by atoms with Gasteiger partial charge in [-0.1, -0.05) is 24.6 Å². The van der Waals surface area contributed by atoms with E-state index in [-0.39, 0.29) is 0 Å². The predicted octanol–water partition coefficient (Wildman–Crippen LogP) is 4.57. The van der Waals surface area contributed by atoms with Crippen LogP contribution < -0.4 is 5.32 Å². The van der Waals surface area contributed by atoms with Crippen molar-refractivity contribution < 1.29 is 4.74 Å². The molecule has 1 N–H and O–H groups in total. The maximum atomic E-state index is 6.21. The van der Waals surface area contributed by atoms with Gasteiger partial charge in [-0.2, -0.15) is 0 Å². The van der Waals surface area contributed by atoms with E-state index in [9.17, 15) is 0 Å². The second kappa shape index (κ2) is 7.44. The van der Waals surface area contributed by atoms with E-state index in [1.54, 1.807) is 0 Å². The first-order chi connectivity index (χ1) is 9.61. The van der Waals surface area contributed by atoms with E-state index in [0.717, 1.165) is 36.6 Å². The average molecular weight is 296 g/mol. The first kappa shape index (κ1) is 15.8. The molecule has 2 unspecified atom stereocenters. The largest absolute Gasteiger partial charge is 0.378 e. The molecule has 3 heteroatoms. The minimum atomic E-state index is 0.403. The van der Waals surface area contributed by atoms with Gasteiger partial charge in [0.15, 0.2) is 0 Å². The van der Waals surface area contributed by atoms with E-state index >= 15 is 0 Å².